The van der Waals surface area contributed by atoms with Crippen molar-refractivity contribution >= 4 is 38.6 Å². The van der Waals surface area contributed by atoms with Gasteiger partial charge in [0.1, 0.15) is 6.04 Å². The highest BCUT2D eigenvalue weighted by molar-refractivity contribution is 14.1. The summed E-state index contributed by atoms with van der Waals surface area (Å²) in [4.78, 5) is 10.6. The van der Waals surface area contributed by atoms with Crippen molar-refractivity contribution in [1.29, 1.82) is 0 Å². The van der Waals surface area contributed by atoms with Crippen LogP contribution in [0.2, 0.25) is 0 Å². The highest BCUT2D eigenvalue weighted by atomic mass is 127. The number of carboxylic acid groups (broad SMARTS) is 1. The molecule has 0 bridgehead atoms. The Kier molecular flexibility index (Phi) is 4.86. The van der Waals surface area contributed by atoms with Crippen molar-refractivity contribution < 1.29 is 23.4 Å². The van der Waals surface area contributed by atoms with Crippen LogP contribution in [-0.4, -0.2) is 37.2 Å². The highest BCUT2D eigenvalue weighted by Crippen LogP contribution is 2.12. The van der Waals surface area contributed by atoms with E-state index in [1.807, 2.05) is 27.3 Å². The number of aliphatic hydroxyl groups is 1. The summed E-state index contributed by atoms with van der Waals surface area (Å²) >= 11 is 2.02. The normalized spacial score (nSPS) is 13.3. The van der Waals surface area contributed by atoms with Crippen molar-refractivity contribution in [3.05, 3.63) is 27.8 Å². The predicted molar refractivity (Wildman–Crippen MR) is 68.0 cm³/mol. The zero-order valence-corrected chi connectivity index (χ0v) is 11.5. The van der Waals surface area contributed by atoms with Gasteiger partial charge in [0.15, 0.2) is 0 Å². The Bertz CT molecular complexity index is 499. The molecule has 0 saturated carbocycles. The molecule has 0 heterocycles. The number of benzene rings is 1. The van der Waals surface area contributed by atoms with Crippen LogP contribution < -0.4 is 4.72 Å². The molecule has 0 radical (unpaired) electrons. The Hall–Kier alpha value is -0.710. The molecule has 0 aliphatic carbocycles. The smallest absolute Gasteiger partial charge is 0.324 e. The number of hydrogen-bond donors (Lipinski definition) is 3. The average molecular weight is 371 g/mol. The molecule has 0 fully saturated rings. The van der Waals surface area contributed by atoms with Gasteiger partial charge in [-0.3, -0.25) is 4.79 Å². The van der Waals surface area contributed by atoms with Crippen LogP contribution >= 0.6 is 22.6 Å². The minimum absolute atomic E-state index is 0.0439. The number of aliphatic hydroxyl groups excluding tert-OH is 1. The molecule has 1 aromatic carbocycles. The second-order valence-electron chi connectivity index (χ2n) is 3.15. The van der Waals surface area contributed by atoms with E-state index in [-0.39, 0.29) is 4.90 Å². The van der Waals surface area contributed by atoms with E-state index >= 15 is 0 Å². The Morgan fingerprint density at radius 1 is 1.35 bits per heavy atom. The van der Waals surface area contributed by atoms with Gasteiger partial charge in [-0.05, 0) is 46.9 Å². The molecule has 94 valence electrons. The van der Waals surface area contributed by atoms with Crippen LogP contribution in [-0.2, 0) is 14.8 Å². The molecule has 0 aliphatic heterocycles. The fraction of sp³-hybridized carbons (Fsp3) is 0.222. The summed E-state index contributed by atoms with van der Waals surface area (Å²) in [6.07, 6.45) is 0. The van der Waals surface area contributed by atoms with Crippen LogP contribution in [0.4, 0.5) is 0 Å². The van der Waals surface area contributed by atoms with E-state index in [0.29, 0.717) is 0 Å². The molecule has 8 heteroatoms. The molecule has 0 saturated heterocycles. The summed E-state index contributed by atoms with van der Waals surface area (Å²) in [5, 5.41) is 17.4. The maximum atomic E-state index is 11.7. The van der Waals surface area contributed by atoms with Gasteiger partial charge in [-0.25, -0.2) is 8.42 Å². The van der Waals surface area contributed by atoms with Crippen molar-refractivity contribution in [3.8, 4) is 0 Å². The molecular weight excluding hydrogens is 361 g/mol. The van der Waals surface area contributed by atoms with Crippen molar-refractivity contribution in [3.63, 3.8) is 0 Å². The highest BCUT2D eigenvalue weighted by Gasteiger charge is 2.24. The van der Waals surface area contributed by atoms with Gasteiger partial charge in [-0.2, -0.15) is 4.72 Å². The SMILES string of the molecule is O=C(O)[C@H](CO)NS(=O)(=O)c1ccc(I)cc1. The van der Waals surface area contributed by atoms with Crippen molar-refractivity contribution in [2.45, 2.75) is 10.9 Å². The minimum Gasteiger partial charge on any atom is -0.480 e. The van der Waals surface area contributed by atoms with E-state index in [2.05, 4.69) is 0 Å². The molecule has 0 aromatic heterocycles. The van der Waals surface area contributed by atoms with Gasteiger partial charge in [0.05, 0.1) is 11.5 Å². The van der Waals surface area contributed by atoms with Crippen molar-refractivity contribution in [2.75, 3.05) is 6.61 Å². The van der Waals surface area contributed by atoms with Crippen LogP contribution in [0, 0.1) is 3.57 Å². The van der Waals surface area contributed by atoms with Crippen LogP contribution in [0.1, 0.15) is 0 Å². The van der Waals surface area contributed by atoms with Gasteiger partial charge in [0.2, 0.25) is 10.0 Å². The third-order valence-corrected chi connectivity index (χ3v) is 4.11. The standard InChI is InChI=1S/C9H10INO5S/c10-6-1-3-7(4-2-6)17(15,16)11-8(5-12)9(13)14/h1-4,8,11-12H,5H2,(H,13,14)/t8-/m0/s1. The topological polar surface area (TPSA) is 104 Å². The number of rotatable bonds is 5. The van der Waals surface area contributed by atoms with Gasteiger partial charge in [-0.1, -0.05) is 0 Å². The maximum absolute atomic E-state index is 11.7. The third-order valence-electron chi connectivity index (χ3n) is 1.90. The first kappa shape index (κ1) is 14.4. The second kappa shape index (κ2) is 5.76. The predicted octanol–water partition coefficient (Wildman–Crippen LogP) is 0.0150. The molecule has 1 rings (SSSR count). The molecule has 1 aromatic rings. The first-order valence-electron chi connectivity index (χ1n) is 4.48. The fourth-order valence-corrected chi connectivity index (χ4v) is 2.57. The zero-order valence-electron chi connectivity index (χ0n) is 8.50. The summed E-state index contributed by atoms with van der Waals surface area (Å²) in [5.74, 6) is -1.43. The maximum Gasteiger partial charge on any atom is 0.324 e. The number of carboxylic acids is 1. The summed E-state index contributed by atoms with van der Waals surface area (Å²) < 4.78 is 26.2. The van der Waals surface area contributed by atoms with E-state index < -0.39 is 28.6 Å². The number of halogens is 1. The van der Waals surface area contributed by atoms with Crippen LogP contribution in [0.15, 0.2) is 29.2 Å². The molecule has 0 unspecified atom stereocenters. The molecule has 0 amide bonds. The monoisotopic (exact) mass is 371 g/mol. The van der Waals surface area contributed by atoms with Crippen molar-refractivity contribution in [2.24, 2.45) is 0 Å². The summed E-state index contributed by atoms with van der Waals surface area (Å²) in [6, 6.07) is 4.35. The van der Waals surface area contributed by atoms with Crippen LogP contribution in [0.3, 0.4) is 0 Å². The van der Waals surface area contributed by atoms with E-state index in [1.54, 1.807) is 12.1 Å². The van der Waals surface area contributed by atoms with Gasteiger partial charge in [0.25, 0.3) is 0 Å². The molecule has 0 aliphatic rings. The molecule has 17 heavy (non-hydrogen) atoms. The Balaban J connectivity index is 2.96. The van der Waals surface area contributed by atoms with E-state index in [1.165, 1.54) is 12.1 Å². The fourth-order valence-electron chi connectivity index (χ4n) is 1.03. The Morgan fingerprint density at radius 3 is 2.29 bits per heavy atom. The van der Waals surface area contributed by atoms with Gasteiger partial charge >= 0.3 is 5.97 Å². The Labute approximate surface area is 112 Å². The third kappa shape index (κ3) is 3.91. The molecule has 6 nitrogen and oxygen atoms in total. The van der Waals surface area contributed by atoms with E-state index in [4.69, 9.17) is 10.2 Å². The number of carbonyl (C=O) groups is 1. The number of nitrogens with one attached hydrogen (secondary N) is 1. The Morgan fingerprint density at radius 2 is 1.88 bits per heavy atom. The van der Waals surface area contributed by atoms with Crippen LogP contribution in [0.5, 0.6) is 0 Å². The van der Waals surface area contributed by atoms with Gasteiger partial charge in [0, 0.05) is 3.57 Å². The molecular formula is C9H10INO5S. The zero-order chi connectivity index (χ0) is 13.1. The number of hydrogen-bond acceptors (Lipinski definition) is 4. The first-order valence-corrected chi connectivity index (χ1v) is 7.04. The van der Waals surface area contributed by atoms with Crippen LogP contribution in [0.25, 0.3) is 0 Å². The van der Waals surface area contributed by atoms with Gasteiger partial charge in [-0.15, -0.1) is 0 Å². The number of sulfonamides is 1. The van der Waals surface area contributed by atoms with E-state index in [9.17, 15) is 13.2 Å². The van der Waals surface area contributed by atoms with Gasteiger partial charge < -0.3 is 10.2 Å². The molecule has 1 atom stereocenters. The van der Waals surface area contributed by atoms with Crippen molar-refractivity contribution in [1.82, 2.24) is 4.72 Å². The summed E-state index contributed by atoms with van der Waals surface area (Å²) in [6.45, 7) is -0.807. The second-order valence-corrected chi connectivity index (χ2v) is 6.11. The summed E-state index contributed by atoms with van der Waals surface area (Å²) in [5.41, 5.74) is 0. The minimum atomic E-state index is -3.93. The summed E-state index contributed by atoms with van der Waals surface area (Å²) in [7, 11) is -3.93. The lowest BCUT2D eigenvalue weighted by atomic mass is 10.3. The lowest BCUT2D eigenvalue weighted by molar-refractivity contribution is -0.139. The molecule has 0 spiro atoms. The largest absolute Gasteiger partial charge is 0.480 e. The molecule has 3 N–H and O–H groups in total. The lowest BCUT2D eigenvalue weighted by Crippen LogP contribution is -2.43. The van der Waals surface area contributed by atoms with E-state index in [0.717, 1.165) is 3.57 Å². The first-order chi connectivity index (χ1) is 7.86. The quantitative estimate of drug-likeness (QED) is 0.633. The lowest BCUT2D eigenvalue weighted by Gasteiger charge is -2.12. The number of aliphatic carboxylic acids is 1. The average Bonchev–Trinajstić information content (AvgIpc) is 2.26.